The van der Waals surface area contributed by atoms with E-state index in [0.29, 0.717) is 6.54 Å². The second-order valence-corrected chi connectivity index (χ2v) is 4.57. The number of aliphatic hydroxyl groups is 1. The van der Waals surface area contributed by atoms with Gasteiger partial charge in [-0.3, -0.25) is 0 Å². The zero-order chi connectivity index (χ0) is 15.0. The van der Waals surface area contributed by atoms with Crippen LogP contribution >= 0.6 is 0 Å². The van der Waals surface area contributed by atoms with Gasteiger partial charge in [0.15, 0.2) is 0 Å². The molecule has 0 fully saturated rings. The molecule has 6 heteroatoms. The molecule has 0 aliphatic rings. The smallest absolute Gasteiger partial charge is 0.326 e. The Labute approximate surface area is 117 Å². The standard InChI is InChI=1S/C14H20N2O4/c1-10(11-5-3-2-4-6-11)9-15-14(20)16-12(7-8-17)13(18)19/h2-6,10,12,17H,7-9H2,1H3,(H,18,19)(H2,15,16,20)/t10?,12-/m0/s1. The van der Waals surface area contributed by atoms with E-state index in [1.54, 1.807) is 0 Å². The van der Waals surface area contributed by atoms with Gasteiger partial charge in [0.1, 0.15) is 6.04 Å². The van der Waals surface area contributed by atoms with Gasteiger partial charge in [-0.25, -0.2) is 9.59 Å². The van der Waals surface area contributed by atoms with E-state index < -0.39 is 18.0 Å². The third-order valence-electron chi connectivity index (χ3n) is 2.96. The summed E-state index contributed by atoms with van der Waals surface area (Å²) in [6, 6.07) is 8.08. The summed E-state index contributed by atoms with van der Waals surface area (Å²) >= 11 is 0. The first-order chi connectivity index (χ1) is 9.54. The third kappa shape index (κ3) is 5.27. The van der Waals surface area contributed by atoms with Gasteiger partial charge in [-0.1, -0.05) is 37.3 Å². The van der Waals surface area contributed by atoms with Crippen LogP contribution in [0, 0.1) is 0 Å². The second kappa shape index (κ2) is 8.16. The Morgan fingerprint density at radius 1 is 1.25 bits per heavy atom. The van der Waals surface area contributed by atoms with Crippen LogP contribution in [-0.4, -0.2) is 41.4 Å². The molecule has 1 aromatic rings. The summed E-state index contributed by atoms with van der Waals surface area (Å²) in [6.07, 6.45) is -0.0169. The number of benzene rings is 1. The first-order valence-electron chi connectivity index (χ1n) is 6.47. The van der Waals surface area contributed by atoms with E-state index in [1.165, 1.54) is 0 Å². The first kappa shape index (κ1) is 16.0. The fourth-order valence-corrected chi connectivity index (χ4v) is 1.74. The first-order valence-corrected chi connectivity index (χ1v) is 6.47. The Morgan fingerprint density at radius 3 is 2.45 bits per heavy atom. The lowest BCUT2D eigenvalue weighted by Crippen LogP contribution is -2.47. The summed E-state index contributed by atoms with van der Waals surface area (Å²) in [4.78, 5) is 22.4. The molecule has 2 amide bonds. The fourth-order valence-electron chi connectivity index (χ4n) is 1.74. The Bertz CT molecular complexity index is 436. The number of carboxylic acids is 1. The maximum absolute atomic E-state index is 11.6. The Kier molecular flexibility index (Phi) is 6.52. The van der Waals surface area contributed by atoms with E-state index in [9.17, 15) is 9.59 Å². The molecule has 1 aromatic carbocycles. The molecular formula is C14H20N2O4. The van der Waals surface area contributed by atoms with Crippen LogP contribution < -0.4 is 10.6 Å². The number of amides is 2. The number of hydrogen-bond donors (Lipinski definition) is 4. The van der Waals surface area contributed by atoms with Crippen LogP contribution in [-0.2, 0) is 4.79 Å². The number of carbonyl (C=O) groups excluding carboxylic acids is 1. The number of hydrogen-bond acceptors (Lipinski definition) is 3. The van der Waals surface area contributed by atoms with Crippen LogP contribution in [0.2, 0.25) is 0 Å². The number of urea groups is 1. The van der Waals surface area contributed by atoms with Crippen LogP contribution in [0.25, 0.3) is 0 Å². The average Bonchev–Trinajstić information content (AvgIpc) is 2.45. The van der Waals surface area contributed by atoms with Crippen molar-refractivity contribution in [1.82, 2.24) is 10.6 Å². The molecule has 0 saturated carbocycles. The van der Waals surface area contributed by atoms with Crippen LogP contribution in [0.5, 0.6) is 0 Å². The van der Waals surface area contributed by atoms with Gasteiger partial charge < -0.3 is 20.8 Å². The van der Waals surface area contributed by atoms with Crippen LogP contribution in [0.15, 0.2) is 30.3 Å². The minimum atomic E-state index is -1.16. The summed E-state index contributed by atoms with van der Waals surface area (Å²) in [5.74, 6) is -1.03. The van der Waals surface area contributed by atoms with Gasteiger partial charge >= 0.3 is 12.0 Å². The zero-order valence-electron chi connectivity index (χ0n) is 11.4. The number of carbonyl (C=O) groups is 2. The summed E-state index contributed by atoms with van der Waals surface area (Å²) < 4.78 is 0. The molecule has 1 unspecified atom stereocenters. The Hall–Kier alpha value is -2.08. The van der Waals surface area contributed by atoms with E-state index in [4.69, 9.17) is 10.2 Å². The van der Waals surface area contributed by atoms with Crippen LogP contribution in [0.3, 0.4) is 0 Å². The zero-order valence-corrected chi connectivity index (χ0v) is 11.4. The second-order valence-electron chi connectivity index (χ2n) is 4.57. The van der Waals surface area contributed by atoms with Gasteiger partial charge in [0.25, 0.3) is 0 Å². The van der Waals surface area contributed by atoms with Gasteiger partial charge in [-0.05, 0) is 11.5 Å². The number of nitrogens with one attached hydrogen (secondary N) is 2. The predicted octanol–water partition coefficient (Wildman–Crippen LogP) is 0.925. The lowest BCUT2D eigenvalue weighted by Gasteiger charge is -2.16. The van der Waals surface area contributed by atoms with Crippen molar-refractivity contribution in [1.29, 1.82) is 0 Å². The van der Waals surface area contributed by atoms with Crippen LogP contribution in [0.4, 0.5) is 4.79 Å². The lowest BCUT2D eigenvalue weighted by molar-refractivity contribution is -0.139. The molecule has 2 atom stereocenters. The summed E-state index contributed by atoms with van der Waals surface area (Å²) in [6.45, 7) is 2.08. The quantitative estimate of drug-likeness (QED) is 0.597. The van der Waals surface area contributed by atoms with E-state index >= 15 is 0 Å². The summed E-state index contributed by atoms with van der Waals surface area (Å²) in [7, 11) is 0. The van der Waals surface area contributed by atoms with Crippen molar-refractivity contribution in [3.63, 3.8) is 0 Å². The molecule has 0 heterocycles. The fraction of sp³-hybridized carbons (Fsp3) is 0.429. The minimum absolute atomic E-state index is 0.0169. The molecule has 1 rings (SSSR count). The minimum Gasteiger partial charge on any atom is -0.480 e. The van der Waals surface area contributed by atoms with Crippen molar-refractivity contribution in [2.24, 2.45) is 0 Å². The van der Waals surface area contributed by atoms with E-state index in [0.717, 1.165) is 5.56 Å². The number of aliphatic hydroxyl groups excluding tert-OH is 1. The largest absolute Gasteiger partial charge is 0.480 e. The normalized spacial score (nSPS) is 13.3. The SMILES string of the molecule is CC(CNC(=O)N[C@@H](CCO)C(=O)O)c1ccccc1. The molecule has 20 heavy (non-hydrogen) atoms. The van der Waals surface area contributed by atoms with Gasteiger partial charge in [-0.2, -0.15) is 0 Å². The van der Waals surface area contributed by atoms with E-state index in [1.807, 2.05) is 37.3 Å². The highest BCUT2D eigenvalue weighted by Gasteiger charge is 2.19. The Balaban J connectivity index is 2.41. The average molecular weight is 280 g/mol. The van der Waals surface area contributed by atoms with Crippen molar-refractivity contribution < 1.29 is 19.8 Å². The number of carboxylic acid groups (broad SMARTS) is 1. The molecular weight excluding hydrogens is 260 g/mol. The highest BCUT2D eigenvalue weighted by Crippen LogP contribution is 2.12. The van der Waals surface area contributed by atoms with Crippen LogP contribution in [0.1, 0.15) is 24.8 Å². The maximum atomic E-state index is 11.6. The predicted molar refractivity (Wildman–Crippen MR) is 74.5 cm³/mol. The Morgan fingerprint density at radius 2 is 1.90 bits per heavy atom. The number of rotatable bonds is 7. The van der Waals surface area contributed by atoms with Crippen molar-refractivity contribution in [3.05, 3.63) is 35.9 Å². The van der Waals surface area contributed by atoms with Gasteiger partial charge in [-0.15, -0.1) is 0 Å². The van der Waals surface area contributed by atoms with E-state index in [2.05, 4.69) is 10.6 Å². The van der Waals surface area contributed by atoms with Crippen molar-refractivity contribution in [3.8, 4) is 0 Å². The molecule has 0 bridgehead atoms. The monoisotopic (exact) mass is 280 g/mol. The van der Waals surface area contributed by atoms with Gasteiger partial charge in [0, 0.05) is 19.6 Å². The molecule has 0 aliphatic heterocycles. The molecule has 6 nitrogen and oxygen atoms in total. The highest BCUT2D eigenvalue weighted by molar-refractivity contribution is 5.82. The maximum Gasteiger partial charge on any atom is 0.326 e. The molecule has 0 radical (unpaired) electrons. The summed E-state index contributed by atoms with van der Waals surface area (Å²) in [5, 5.41) is 22.5. The third-order valence-corrected chi connectivity index (χ3v) is 2.96. The van der Waals surface area contributed by atoms with Gasteiger partial charge in [0.05, 0.1) is 0 Å². The van der Waals surface area contributed by atoms with Crippen molar-refractivity contribution in [2.75, 3.05) is 13.2 Å². The lowest BCUT2D eigenvalue weighted by atomic mass is 10.0. The molecule has 110 valence electrons. The number of aliphatic carboxylic acids is 1. The van der Waals surface area contributed by atoms with E-state index in [-0.39, 0.29) is 18.9 Å². The molecule has 4 N–H and O–H groups in total. The van der Waals surface area contributed by atoms with Gasteiger partial charge in [0.2, 0.25) is 0 Å². The molecule has 0 saturated heterocycles. The van der Waals surface area contributed by atoms with Crippen molar-refractivity contribution in [2.45, 2.75) is 25.3 Å². The summed E-state index contributed by atoms with van der Waals surface area (Å²) in [5.41, 5.74) is 1.10. The molecule has 0 aliphatic carbocycles. The molecule has 0 spiro atoms. The highest BCUT2D eigenvalue weighted by atomic mass is 16.4. The topological polar surface area (TPSA) is 98.7 Å². The van der Waals surface area contributed by atoms with Crippen molar-refractivity contribution >= 4 is 12.0 Å². The molecule has 0 aromatic heterocycles.